The maximum Gasteiger partial charge on any atom is 0.337 e. The summed E-state index contributed by atoms with van der Waals surface area (Å²) in [6, 6.07) is 13.2. The third-order valence-corrected chi connectivity index (χ3v) is 3.95. The molecule has 0 bridgehead atoms. The van der Waals surface area contributed by atoms with Crippen LogP contribution in [0.5, 0.6) is 0 Å². The predicted octanol–water partition coefficient (Wildman–Crippen LogP) is 3.50. The van der Waals surface area contributed by atoms with Crippen LogP contribution in [-0.4, -0.2) is 19.5 Å². The van der Waals surface area contributed by atoms with Crippen molar-refractivity contribution in [2.45, 2.75) is 16.7 Å². The number of benzene rings is 2. The van der Waals surface area contributed by atoms with E-state index >= 15 is 0 Å². The minimum atomic E-state index is -0.434. The Balaban J connectivity index is 2.31. The van der Waals surface area contributed by atoms with E-state index < -0.39 is 5.97 Å². The van der Waals surface area contributed by atoms with Crippen molar-refractivity contribution < 1.29 is 14.3 Å². The Morgan fingerprint density at radius 1 is 1.19 bits per heavy atom. The summed E-state index contributed by atoms with van der Waals surface area (Å²) in [5.74, 6) is -0.434. The Labute approximate surface area is 127 Å². The van der Waals surface area contributed by atoms with E-state index in [9.17, 15) is 9.59 Å². The van der Waals surface area contributed by atoms with Gasteiger partial charge in [0.1, 0.15) is 0 Å². The molecule has 21 heavy (non-hydrogen) atoms. The van der Waals surface area contributed by atoms with Crippen molar-refractivity contribution in [1.82, 2.24) is 0 Å². The van der Waals surface area contributed by atoms with Crippen molar-refractivity contribution in [3.05, 3.63) is 53.6 Å². The topological polar surface area (TPSA) is 55.4 Å². The Bertz CT molecular complexity index is 653. The van der Waals surface area contributed by atoms with Gasteiger partial charge in [0.15, 0.2) is 0 Å². The number of rotatable bonds is 5. The number of aryl methyl sites for hydroxylation is 1. The molecule has 2 aromatic rings. The second-order valence-electron chi connectivity index (χ2n) is 4.38. The number of esters is 1. The van der Waals surface area contributed by atoms with Gasteiger partial charge in [-0.05, 0) is 37.3 Å². The normalized spacial score (nSPS) is 10.0. The molecule has 0 aromatic heterocycles. The van der Waals surface area contributed by atoms with Crippen LogP contribution in [0.2, 0.25) is 0 Å². The van der Waals surface area contributed by atoms with Gasteiger partial charge in [-0.3, -0.25) is 4.79 Å². The van der Waals surface area contributed by atoms with Gasteiger partial charge in [-0.15, -0.1) is 0 Å². The van der Waals surface area contributed by atoms with Gasteiger partial charge in [0.2, 0.25) is 6.41 Å². The van der Waals surface area contributed by atoms with E-state index in [1.54, 1.807) is 18.2 Å². The van der Waals surface area contributed by atoms with E-state index in [4.69, 9.17) is 0 Å². The van der Waals surface area contributed by atoms with E-state index in [-0.39, 0.29) is 0 Å². The Kier molecular flexibility index (Phi) is 5.00. The van der Waals surface area contributed by atoms with Gasteiger partial charge in [-0.25, -0.2) is 4.79 Å². The molecule has 0 heterocycles. The summed E-state index contributed by atoms with van der Waals surface area (Å²) >= 11 is 1.52. The fourth-order valence-electron chi connectivity index (χ4n) is 1.77. The maximum absolute atomic E-state index is 11.5. The number of ether oxygens (including phenoxy) is 1. The summed E-state index contributed by atoms with van der Waals surface area (Å²) in [6.45, 7) is 2.03. The predicted molar refractivity (Wildman–Crippen MR) is 82.8 cm³/mol. The zero-order valence-corrected chi connectivity index (χ0v) is 12.6. The molecule has 0 aliphatic rings. The number of methoxy groups -OCH3 is 1. The van der Waals surface area contributed by atoms with Crippen molar-refractivity contribution >= 4 is 29.8 Å². The molecule has 0 atom stereocenters. The van der Waals surface area contributed by atoms with Gasteiger partial charge in [-0.2, -0.15) is 0 Å². The van der Waals surface area contributed by atoms with Gasteiger partial charge < -0.3 is 10.1 Å². The van der Waals surface area contributed by atoms with Crippen molar-refractivity contribution in [2.24, 2.45) is 0 Å². The fourth-order valence-corrected chi connectivity index (χ4v) is 2.66. The zero-order chi connectivity index (χ0) is 15.2. The molecule has 0 saturated heterocycles. The molecule has 0 aliphatic carbocycles. The van der Waals surface area contributed by atoms with Crippen LogP contribution in [-0.2, 0) is 9.53 Å². The molecule has 0 spiro atoms. The zero-order valence-electron chi connectivity index (χ0n) is 11.8. The lowest BCUT2D eigenvalue weighted by molar-refractivity contribution is -0.105. The first-order valence-electron chi connectivity index (χ1n) is 6.31. The fraction of sp³-hybridized carbons (Fsp3) is 0.125. The molecule has 0 fully saturated rings. The van der Waals surface area contributed by atoms with Crippen LogP contribution in [0.4, 0.5) is 5.69 Å². The molecule has 2 aromatic carbocycles. The van der Waals surface area contributed by atoms with Gasteiger partial charge >= 0.3 is 5.97 Å². The van der Waals surface area contributed by atoms with Crippen molar-refractivity contribution in [1.29, 1.82) is 0 Å². The number of nitrogens with one attached hydrogen (secondary N) is 1. The second-order valence-corrected chi connectivity index (χ2v) is 5.50. The molecule has 1 amide bonds. The van der Waals surface area contributed by atoms with Crippen LogP contribution in [0, 0.1) is 6.92 Å². The van der Waals surface area contributed by atoms with Crippen LogP contribution in [0.1, 0.15) is 15.9 Å². The molecule has 0 saturated carbocycles. The van der Waals surface area contributed by atoms with Crippen LogP contribution >= 0.6 is 11.8 Å². The lowest BCUT2D eigenvalue weighted by atomic mass is 10.2. The first-order valence-corrected chi connectivity index (χ1v) is 7.13. The highest BCUT2D eigenvalue weighted by molar-refractivity contribution is 7.99. The smallest absolute Gasteiger partial charge is 0.337 e. The lowest BCUT2D eigenvalue weighted by Crippen LogP contribution is -2.03. The van der Waals surface area contributed by atoms with Gasteiger partial charge in [0.25, 0.3) is 0 Å². The third-order valence-electron chi connectivity index (χ3n) is 2.86. The average Bonchev–Trinajstić information content (AvgIpc) is 2.50. The third kappa shape index (κ3) is 3.86. The molecule has 1 N–H and O–H groups in total. The first-order chi connectivity index (χ1) is 10.1. The minimum Gasteiger partial charge on any atom is -0.465 e. The number of hydrogen-bond donors (Lipinski definition) is 1. The van der Waals surface area contributed by atoms with E-state index in [1.165, 1.54) is 24.4 Å². The quantitative estimate of drug-likeness (QED) is 0.678. The van der Waals surface area contributed by atoms with E-state index in [1.807, 2.05) is 31.2 Å². The van der Waals surface area contributed by atoms with E-state index in [0.29, 0.717) is 17.7 Å². The van der Waals surface area contributed by atoms with Gasteiger partial charge in [-0.1, -0.05) is 29.5 Å². The lowest BCUT2D eigenvalue weighted by Gasteiger charge is -2.10. The number of carbonyl (C=O) groups is 2. The molecular formula is C16H15NO3S. The highest BCUT2D eigenvalue weighted by Crippen LogP contribution is 2.34. The summed E-state index contributed by atoms with van der Waals surface area (Å²) < 4.78 is 4.68. The van der Waals surface area contributed by atoms with Crippen molar-refractivity contribution in [3.8, 4) is 0 Å². The monoisotopic (exact) mass is 301 g/mol. The molecule has 0 aliphatic heterocycles. The maximum atomic E-state index is 11.5. The summed E-state index contributed by atoms with van der Waals surface area (Å²) in [7, 11) is 1.32. The Hall–Kier alpha value is -2.27. The van der Waals surface area contributed by atoms with Crippen LogP contribution < -0.4 is 5.32 Å². The molecular weight excluding hydrogens is 286 g/mol. The van der Waals surface area contributed by atoms with Crippen LogP contribution in [0.25, 0.3) is 0 Å². The van der Waals surface area contributed by atoms with Crippen LogP contribution in [0.15, 0.2) is 52.3 Å². The van der Waals surface area contributed by atoms with Crippen molar-refractivity contribution in [3.63, 3.8) is 0 Å². The van der Waals surface area contributed by atoms with Crippen LogP contribution in [0.3, 0.4) is 0 Å². The largest absolute Gasteiger partial charge is 0.465 e. The number of carbonyl (C=O) groups excluding carboxylic acids is 2. The van der Waals surface area contributed by atoms with Gasteiger partial charge in [0, 0.05) is 9.79 Å². The molecule has 4 nitrogen and oxygen atoms in total. The molecule has 5 heteroatoms. The Morgan fingerprint density at radius 3 is 2.52 bits per heavy atom. The molecule has 0 radical (unpaired) electrons. The summed E-state index contributed by atoms with van der Waals surface area (Å²) in [5.41, 5.74) is 2.17. The highest BCUT2D eigenvalue weighted by atomic mass is 32.2. The number of hydrogen-bond acceptors (Lipinski definition) is 4. The summed E-state index contributed by atoms with van der Waals surface area (Å²) in [5, 5.41) is 2.62. The van der Waals surface area contributed by atoms with E-state index in [0.717, 1.165) is 9.79 Å². The average molecular weight is 301 g/mol. The SMILES string of the molecule is COC(=O)c1ccc(Sc2ccc(C)cc2)c(NC=O)c1. The molecule has 108 valence electrons. The number of anilines is 1. The van der Waals surface area contributed by atoms with Crippen molar-refractivity contribution in [2.75, 3.05) is 12.4 Å². The summed E-state index contributed by atoms with van der Waals surface area (Å²) in [4.78, 5) is 24.2. The van der Waals surface area contributed by atoms with Gasteiger partial charge in [0.05, 0.1) is 18.4 Å². The van der Waals surface area contributed by atoms with E-state index in [2.05, 4.69) is 10.1 Å². The standard InChI is InChI=1S/C16H15NO3S/c1-11-3-6-13(7-4-11)21-15-8-5-12(16(19)20-2)9-14(15)17-10-18/h3-10H,1-2H3,(H,17,18). The first kappa shape index (κ1) is 15.1. The number of amides is 1. The molecule has 2 rings (SSSR count). The minimum absolute atomic E-state index is 0.398. The molecule has 0 unspecified atom stereocenters. The second kappa shape index (κ2) is 6.95. The Morgan fingerprint density at radius 2 is 1.90 bits per heavy atom. The highest BCUT2D eigenvalue weighted by Gasteiger charge is 2.10. The summed E-state index contributed by atoms with van der Waals surface area (Å²) in [6.07, 6.45) is 0.593.